The van der Waals surface area contributed by atoms with Gasteiger partial charge in [0.15, 0.2) is 0 Å². The van der Waals surface area contributed by atoms with Gasteiger partial charge in [0.2, 0.25) is 0 Å². The van der Waals surface area contributed by atoms with E-state index in [-0.39, 0.29) is 28.8 Å². The molecule has 1 aliphatic heterocycles. The van der Waals surface area contributed by atoms with Gasteiger partial charge in [0.1, 0.15) is 5.60 Å². The smallest absolute Gasteiger partial charge is 0.310 e. The van der Waals surface area contributed by atoms with Crippen LogP contribution >= 0.6 is 11.8 Å². The minimum Gasteiger partial charge on any atom is -0.458 e. The summed E-state index contributed by atoms with van der Waals surface area (Å²) < 4.78 is 6.18. The summed E-state index contributed by atoms with van der Waals surface area (Å²) in [5, 5.41) is 0. The molecule has 1 heterocycles. The lowest BCUT2D eigenvalue weighted by molar-refractivity contribution is -0.160. The molecule has 0 spiro atoms. The molecule has 2 nitrogen and oxygen atoms in total. The van der Waals surface area contributed by atoms with Crippen LogP contribution in [-0.2, 0) is 9.53 Å². The number of hydrogen-bond acceptors (Lipinski definition) is 3. The predicted octanol–water partition coefficient (Wildman–Crippen LogP) is 6.05. The largest absolute Gasteiger partial charge is 0.458 e. The molecule has 25 heavy (non-hydrogen) atoms. The number of carbonyl (C=O) groups is 1. The Morgan fingerprint density at radius 3 is 2.12 bits per heavy atom. The Labute approximate surface area is 158 Å². The van der Waals surface area contributed by atoms with E-state index < -0.39 is 0 Å². The summed E-state index contributed by atoms with van der Waals surface area (Å²) in [6.07, 6.45) is 0.882. The molecular formula is C22H34O2S. The molecule has 2 rings (SSSR count). The predicted molar refractivity (Wildman–Crippen MR) is 107 cm³/mol. The Bertz CT molecular complexity index is 563. The van der Waals surface area contributed by atoms with Crippen molar-refractivity contribution < 1.29 is 9.53 Å². The van der Waals surface area contributed by atoms with Crippen LogP contribution in [0.2, 0.25) is 0 Å². The van der Waals surface area contributed by atoms with Gasteiger partial charge in [-0.1, -0.05) is 66.7 Å². The molecule has 0 radical (unpaired) electrons. The highest BCUT2D eigenvalue weighted by Gasteiger charge is 2.58. The van der Waals surface area contributed by atoms with Crippen LogP contribution in [0.3, 0.4) is 0 Å². The second-order valence-electron chi connectivity index (χ2n) is 9.19. The molecule has 0 bridgehead atoms. The topological polar surface area (TPSA) is 26.3 Å². The Kier molecular flexibility index (Phi) is 6.30. The highest BCUT2D eigenvalue weighted by atomic mass is 32.2. The molecule has 2 atom stereocenters. The van der Waals surface area contributed by atoms with Gasteiger partial charge < -0.3 is 4.74 Å². The van der Waals surface area contributed by atoms with Crippen LogP contribution in [0.1, 0.15) is 54.9 Å². The zero-order chi connectivity index (χ0) is 18.8. The van der Waals surface area contributed by atoms with E-state index in [4.69, 9.17) is 4.74 Å². The summed E-state index contributed by atoms with van der Waals surface area (Å²) in [5.41, 5.74) is -0.252. The van der Waals surface area contributed by atoms with Crippen LogP contribution in [0, 0.1) is 29.1 Å². The molecule has 1 aromatic rings. The van der Waals surface area contributed by atoms with Crippen molar-refractivity contribution in [2.75, 3.05) is 5.75 Å². The van der Waals surface area contributed by atoms with Crippen LogP contribution in [-0.4, -0.2) is 17.3 Å². The fourth-order valence-electron chi connectivity index (χ4n) is 4.40. The lowest BCUT2D eigenvalue weighted by Gasteiger charge is -2.42. The third-order valence-corrected chi connectivity index (χ3v) is 6.59. The summed E-state index contributed by atoms with van der Waals surface area (Å²) in [4.78, 5) is 14.1. The van der Waals surface area contributed by atoms with Crippen molar-refractivity contribution in [1.29, 1.82) is 0 Å². The second-order valence-corrected chi connectivity index (χ2v) is 10.3. The summed E-state index contributed by atoms with van der Waals surface area (Å²) >= 11 is 1.85. The fourth-order valence-corrected chi connectivity index (χ4v) is 5.61. The molecule has 0 saturated carbocycles. The van der Waals surface area contributed by atoms with E-state index in [1.54, 1.807) is 0 Å². The molecule has 1 aliphatic rings. The first-order valence-electron chi connectivity index (χ1n) is 9.48. The Hall–Kier alpha value is -0.960. The van der Waals surface area contributed by atoms with E-state index in [1.807, 2.05) is 17.8 Å². The van der Waals surface area contributed by atoms with Gasteiger partial charge in [0, 0.05) is 16.6 Å². The Morgan fingerprint density at radius 2 is 1.64 bits per heavy atom. The molecule has 0 unspecified atom stereocenters. The molecule has 1 fully saturated rings. The van der Waals surface area contributed by atoms with Crippen LogP contribution in [0.4, 0.5) is 0 Å². The van der Waals surface area contributed by atoms with E-state index in [9.17, 15) is 4.79 Å². The first-order valence-corrected chi connectivity index (χ1v) is 10.5. The van der Waals surface area contributed by atoms with Crippen LogP contribution in [0.25, 0.3) is 0 Å². The van der Waals surface area contributed by atoms with E-state index in [2.05, 4.69) is 72.7 Å². The van der Waals surface area contributed by atoms with Gasteiger partial charge in [0.25, 0.3) is 0 Å². The van der Waals surface area contributed by atoms with Gasteiger partial charge in [-0.25, -0.2) is 0 Å². The van der Waals surface area contributed by atoms with Crippen molar-refractivity contribution in [3.8, 4) is 0 Å². The monoisotopic (exact) mass is 362 g/mol. The van der Waals surface area contributed by atoms with Crippen molar-refractivity contribution in [1.82, 2.24) is 0 Å². The normalized spacial score (nSPS) is 23.3. The highest BCUT2D eigenvalue weighted by Crippen LogP contribution is 2.51. The van der Waals surface area contributed by atoms with E-state index in [0.29, 0.717) is 11.8 Å². The average molecular weight is 363 g/mol. The van der Waals surface area contributed by atoms with E-state index in [0.717, 1.165) is 12.2 Å². The fraction of sp³-hybridized carbons (Fsp3) is 0.682. The molecular weight excluding hydrogens is 328 g/mol. The average Bonchev–Trinajstić information content (AvgIpc) is 2.78. The van der Waals surface area contributed by atoms with E-state index >= 15 is 0 Å². The number of ether oxygens (including phenoxy) is 1. The SMILES string of the molecule is CC(C)C1(C(C)C)OC(=O)[C@@H](CC(C)(C)C)[C@@H]1CSc1ccccc1. The third-order valence-electron chi connectivity index (χ3n) is 5.46. The van der Waals surface area contributed by atoms with Gasteiger partial charge >= 0.3 is 5.97 Å². The zero-order valence-corrected chi connectivity index (χ0v) is 17.7. The minimum absolute atomic E-state index is 0.0102. The van der Waals surface area contributed by atoms with Gasteiger partial charge in [0.05, 0.1) is 5.92 Å². The van der Waals surface area contributed by atoms with E-state index in [1.165, 1.54) is 4.90 Å². The van der Waals surface area contributed by atoms with Crippen molar-refractivity contribution in [2.45, 2.75) is 65.4 Å². The second kappa shape index (κ2) is 7.73. The maximum atomic E-state index is 12.9. The van der Waals surface area contributed by atoms with Crippen molar-refractivity contribution >= 4 is 17.7 Å². The number of cyclic esters (lactones) is 1. The maximum Gasteiger partial charge on any atom is 0.310 e. The van der Waals surface area contributed by atoms with Crippen LogP contribution in [0.5, 0.6) is 0 Å². The number of hydrogen-bond donors (Lipinski definition) is 0. The molecule has 3 heteroatoms. The molecule has 140 valence electrons. The van der Waals surface area contributed by atoms with Crippen molar-refractivity contribution in [3.05, 3.63) is 30.3 Å². The van der Waals surface area contributed by atoms with Gasteiger partial charge in [-0.2, -0.15) is 0 Å². The summed E-state index contributed by atoms with van der Waals surface area (Å²) in [6, 6.07) is 10.5. The summed E-state index contributed by atoms with van der Waals surface area (Å²) in [6.45, 7) is 15.4. The zero-order valence-electron chi connectivity index (χ0n) is 16.8. The molecule has 0 aromatic heterocycles. The number of benzene rings is 1. The first-order chi connectivity index (χ1) is 11.6. The minimum atomic E-state index is -0.366. The number of esters is 1. The first kappa shape index (κ1) is 20.4. The lowest BCUT2D eigenvalue weighted by Crippen LogP contribution is -2.48. The molecule has 1 saturated heterocycles. The molecule has 0 amide bonds. The third kappa shape index (κ3) is 4.42. The summed E-state index contributed by atoms with van der Waals surface area (Å²) in [5.74, 6) is 1.78. The van der Waals surface area contributed by atoms with Crippen LogP contribution in [0.15, 0.2) is 35.2 Å². The maximum absolute atomic E-state index is 12.9. The Balaban J connectivity index is 2.33. The molecule has 1 aromatic carbocycles. The summed E-state index contributed by atoms with van der Waals surface area (Å²) in [7, 11) is 0. The standard InChI is InChI=1S/C22H34O2S/c1-15(2)22(16(3)4)19(14-25-17-11-9-8-10-12-17)18(20(23)24-22)13-21(5,6)7/h8-12,15-16,18-19H,13-14H2,1-7H3/t18-,19-/m0/s1. The number of thioether (sulfide) groups is 1. The number of rotatable bonds is 6. The Morgan fingerprint density at radius 1 is 1.08 bits per heavy atom. The van der Waals surface area contributed by atoms with Crippen molar-refractivity contribution in [3.63, 3.8) is 0 Å². The number of carbonyl (C=O) groups excluding carboxylic acids is 1. The van der Waals surface area contributed by atoms with Gasteiger partial charge in [-0.3, -0.25) is 4.79 Å². The molecule has 0 N–H and O–H groups in total. The van der Waals surface area contributed by atoms with Gasteiger partial charge in [-0.15, -0.1) is 11.8 Å². The van der Waals surface area contributed by atoms with Crippen molar-refractivity contribution in [2.24, 2.45) is 29.1 Å². The lowest BCUT2D eigenvalue weighted by atomic mass is 9.67. The van der Waals surface area contributed by atoms with Gasteiger partial charge in [-0.05, 0) is 35.8 Å². The quantitative estimate of drug-likeness (QED) is 0.455. The molecule has 0 aliphatic carbocycles. The van der Waals surface area contributed by atoms with Crippen LogP contribution < -0.4 is 0 Å². The highest BCUT2D eigenvalue weighted by molar-refractivity contribution is 7.99.